The van der Waals surface area contributed by atoms with Gasteiger partial charge >= 0.3 is 6.18 Å². The summed E-state index contributed by atoms with van der Waals surface area (Å²) in [6, 6.07) is 0. The highest BCUT2D eigenvalue weighted by molar-refractivity contribution is 4.77. The zero-order valence-electron chi connectivity index (χ0n) is 7.61. The number of halogens is 3. The van der Waals surface area contributed by atoms with Gasteiger partial charge in [0.2, 0.25) is 0 Å². The van der Waals surface area contributed by atoms with Crippen LogP contribution in [0.5, 0.6) is 0 Å². The van der Waals surface area contributed by atoms with Crippen molar-refractivity contribution in [3.05, 3.63) is 0 Å². The van der Waals surface area contributed by atoms with Crippen molar-refractivity contribution in [2.24, 2.45) is 17.6 Å². The Balaban J connectivity index is 2.45. The minimum absolute atomic E-state index is 0.0929. The first-order chi connectivity index (χ1) is 6.03. The Bertz CT molecular complexity index is 155. The second kappa shape index (κ2) is 4.31. The Morgan fingerprint density at radius 1 is 1.08 bits per heavy atom. The van der Waals surface area contributed by atoms with Crippen LogP contribution in [0.4, 0.5) is 13.2 Å². The molecular weight excluding hydrogens is 179 g/mol. The molecule has 2 unspecified atom stereocenters. The molecule has 0 aromatic carbocycles. The monoisotopic (exact) mass is 195 g/mol. The predicted molar refractivity (Wildman–Crippen MR) is 45.2 cm³/mol. The van der Waals surface area contributed by atoms with E-state index >= 15 is 0 Å². The van der Waals surface area contributed by atoms with E-state index in [9.17, 15) is 13.2 Å². The molecule has 0 radical (unpaired) electrons. The smallest absolute Gasteiger partial charge is 0.330 e. The van der Waals surface area contributed by atoms with E-state index in [-0.39, 0.29) is 11.8 Å². The van der Waals surface area contributed by atoms with E-state index in [4.69, 9.17) is 5.73 Å². The van der Waals surface area contributed by atoms with Crippen molar-refractivity contribution in [2.75, 3.05) is 6.54 Å². The molecule has 1 rings (SSSR count). The van der Waals surface area contributed by atoms with E-state index in [2.05, 4.69) is 0 Å². The molecule has 78 valence electrons. The van der Waals surface area contributed by atoms with Crippen molar-refractivity contribution in [1.29, 1.82) is 0 Å². The van der Waals surface area contributed by atoms with Gasteiger partial charge in [0.05, 0.1) is 0 Å². The number of nitrogens with two attached hydrogens (primary N) is 1. The lowest BCUT2D eigenvalue weighted by molar-refractivity contribution is -0.150. The molecule has 2 N–H and O–H groups in total. The molecule has 1 aliphatic rings. The number of hydrogen-bond donors (Lipinski definition) is 1. The number of alkyl halides is 3. The lowest BCUT2D eigenvalue weighted by Crippen LogP contribution is -2.30. The van der Waals surface area contributed by atoms with Crippen LogP contribution in [0, 0.1) is 11.8 Å². The van der Waals surface area contributed by atoms with Crippen molar-refractivity contribution in [1.82, 2.24) is 0 Å². The van der Waals surface area contributed by atoms with Crippen molar-refractivity contribution in [3.8, 4) is 0 Å². The fourth-order valence-corrected chi connectivity index (χ4v) is 2.16. The summed E-state index contributed by atoms with van der Waals surface area (Å²) >= 11 is 0. The summed E-state index contributed by atoms with van der Waals surface area (Å²) in [7, 11) is 0. The summed E-state index contributed by atoms with van der Waals surface area (Å²) in [5.74, 6) is -0.130. The van der Waals surface area contributed by atoms with Gasteiger partial charge in [0.15, 0.2) is 0 Å². The third kappa shape index (κ3) is 3.55. The molecule has 0 aromatic heterocycles. The van der Waals surface area contributed by atoms with Gasteiger partial charge in [-0.3, -0.25) is 0 Å². The van der Waals surface area contributed by atoms with Crippen molar-refractivity contribution < 1.29 is 13.2 Å². The first-order valence-corrected chi connectivity index (χ1v) is 4.80. The SMILES string of the molecule is NCC1CCCCC1CC(F)(F)F. The van der Waals surface area contributed by atoms with Gasteiger partial charge in [-0.2, -0.15) is 13.2 Å². The maximum atomic E-state index is 12.1. The molecular formula is C9H16F3N. The molecule has 1 nitrogen and oxygen atoms in total. The first kappa shape index (κ1) is 10.8. The second-order valence-corrected chi connectivity index (χ2v) is 3.86. The molecule has 0 amide bonds. The topological polar surface area (TPSA) is 26.0 Å². The maximum absolute atomic E-state index is 12.1. The second-order valence-electron chi connectivity index (χ2n) is 3.86. The highest BCUT2D eigenvalue weighted by Crippen LogP contribution is 2.37. The molecule has 1 saturated carbocycles. The van der Waals surface area contributed by atoms with Crippen molar-refractivity contribution in [2.45, 2.75) is 38.3 Å². The molecule has 2 atom stereocenters. The molecule has 0 saturated heterocycles. The van der Waals surface area contributed by atoms with Crippen LogP contribution in [-0.2, 0) is 0 Å². The Labute approximate surface area is 76.5 Å². The highest BCUT2D eigenvalue weighted by atomic mass is 19.4. The van der Waals surface area contributed by atoms with Gasteiger partial charge in [-0.1, -0.05) is 12.8 Å². The molecule has 0 bridgehead atoms. The maximum Gasteiger partial charge on any atom is 0.389 e. The van der Waals surface area contributed by atoms with Gasteiger partial charge in [-0.25, -0.2) is 0 Å². The van der Waals surface area contributed by atoms with Crippen LogP contribution in [-0.4, -0.2) is 12.7 Å². The Morgan fingerprint density at radius 2 is 1.62 bits per heavy atom. The lowest BCUT2D eigenvalue weighted by atomic mass is 9.77. The van der Waals surface area contributed by atoms with E-state index in [0.717, 1.165) is 19.3 Å². The van der Waals surface area contributed by atoms with E-state index in [1.165, 1.54) is 0 Å². The molecule has 1 aliphatic carbocycles. The average Bonchev–Trinajstić information content (AvgIpc) is 2.02. The van der Waals surface area contributed by atoms with Crippen LogP contribution in [0.2, 0.25) is 0 Å². The molecule has 0 heterocycles. The average molecular weight is 195 g/mol. The van der Waals surface area contributed by atoms with Crippen LogP contribution >= 0.6 is 0 Å². The normalized spacial score (nSPS) is 30.5. The van der Waals surface area contributed by atoms with Crippen LogP contribution in [0.3, 0.4) is 0 Å². The molecule has 13 heavy (non-hydrogen) atoms. The van der Waals surface area contributed by atoms with Crippen LogP contribution < -0.4 is 5.73 Å². The van der Waals surface area contributed by atoms with Crippen LogP contribution in [0.1, 0.15) is 32.1 Å². The fraction of sp³-hybridized carbons (Fsp3) is 1.00. The Kier molecular flexibility index (Phi) is 3.59. The summed E-state index contributed by atoms with van der Waals surface area (Å²) in [6.45, 7) is 0.404. The summed E-state index contributed by atoms with van der Waals surface area (Å²) in [5.41, 5.74) is 5.45. The van der Waals surface area contributed by atoms with E-state index < -0.39 is 12.6 Å². The van der Waals surface area contributed by atoms with Crippen molar-refractivity contribution >= 4 is 0 Å². The van der Waals surface area contributed by atoms with Gasteiger partial charge in [0, 0.05) is 6.42 Å². The summed E-state index contributed by atoms with van der Waals surface area (Å²) in [6.07, 6.45) is -1.13. The summed E-state index contributed by atoms with van der Waals surface area (Å²) in [4.78, 5) is 0. The number of rotatable bonds is 2. The fourth-order valence-electron chi connectivity index (χ4n) is 2.16. The first-order valence-electron chi connectivity index (χ1n) is 4.80. The van der Waals surface area contributed by atoms with Gasteiger partial charge in [0.25, 0.3) is 0 Å². The molecule has 1 fully saturated rings. The van der Waals surface area contributed by atoms with Gasteiger partial charge in [-0.15, -0.1) is 0 Å². The molecule has 4 heteroatoms. The van der Waals surface area contributed by atoms with Crippen LogP contribution in [0.15, 0.2) is 0 Å². The minimum Gasteiger partial charge on any atom is -0.330 e. The predicted octanol–water partition coefficient (Wildman–Crippen LogP) is 2.70. The van der Waals surface area contributed by atoms with Crippen LogP contribution in [0.25, 0.3) is 0 Å². The highest BCUT2D eigenvalue weighted by Gasteiger charge is 2.36. The lowest BCUT2D eigenvalue weighted by Gasteiger charge is -2.31. The van der Waals surface area contributed by atoms with E-state index in [1.807, 2.05) is 0 Å². The number of hydrogen-bond acceptors (Lipinski definition) is 1. The van der Waals surface area contributed by atoms with Gasteiger partial charge < -0.3 is 5.73 Å². The zero-order valence-corrected chi connectivity index (χ0v) is 7.61. The van der Waals surface area contributed by atoms with E-state index in [1.54, 1.807) is 0 Å². The largest absolute Gasteiger partial charge is 0.389 e. The molecule has 0 aromatic rings. The molecule has 0 aliphatic heterocycles. The summed E-state index contributed by atoms with van der Waals surface area (Å²) in [5, 5.41) is 0. The van der Waals surface area contributed by atoms with E-state index in [0.29, 0.717) is 13.0 Å². The zero-order chi connectivity index (χ0) is 9.90. The molecule has 0 spiro atoms. The third-order valence-electron chi connectivity index (χ3n) is 2.86. The van der Waals surface area contributed by atoms with Gasteiger partial charge in [-0.05, 0) is 31.2 Å². The minimum atomic E-state index is -4.02. The van der Waals surface area contributed by atoms with Gasteiger partial charge in [0.1, 0.15) is 0 Å². The third-order valence-corrected chi connectivity index (χ3v) is 2.86. The Morgan fingerprint density at radius 3 is 2.08 bits per heavy atom. The standard InChI is InChI=1S/C9H16F3N/c10-9(11,12)5-7-3-1-2-4-8(7)6-13/h7-8H,1-6,13H2. The van der Waals surface area contributed by atoms with Crippen molar-refractivity contribution in [3.63, 3.8) is 0 Å². The quantitative estimate of drug-likeness (QED) is 0.720. The summed E-state index contributed by atoms with van der Waals surface area (Å²) < 4.78 is 36.3. The Hall–Kier alpha value is -0.250.